The lowest BCUT2D eigenvalue weighted by atomic mass is 10.0. The number of methoxy groups -OCH3 is 1. The molecule has 146 valence electrons. The van der Waals surface area contributed by atoms with Crippen LogP contribution in [0.15, 0.2) is 17.0 Å². The highest BCUT2D eigenvalue weighted by Gasteiger charge is 2.24. The number of carbonyl (C=O) groups is 2. The fraction of sp³-hybridized carbons (Fsp3) is 0.529. The Kier molecular flexibility index (Phi) is 8.05. The van der Waals surface area contributed by atoms with Gasteiger partial charge in [0.15, 0.2) is 0 Å². The van der Waals surface area contributed by atoms with Crippen molar-refractivity contribution in [2.45, 2.75) is 45.1 Å². The molecule has 0 aliphatic heterocycles. The van der Waals surface area contributed by atoms with E-state index >= 15 is 0 Å². The largest absolute Gasteiger partial charge is 0.467 e. The lowest BCUT2D eigenvalue weighted by Gasteiger charge is -2.18. The van der Waals surface area contributed by atoms with E-state index in [-0.39, 0.29) is 10.8 Å². The molecule has 1 atom stereocenters. The van der Waals surface area contributed by atoms with E-state index in [1.54, 1.807) is 19.9 Å². The van der Waals surface area contributed by atoms with E-state index in [1.807, 2.05) is 13.8 Å². The Hall–Kier alpha value is -1.64. The van der Waals surface area contributed by atoms with Gasteiger partial charge in [0.1, 0.15) is 6.04 Å². The molecule has 1 rings (SSSR count). The maximum absolute atomic E-state index is 12.4. The summed E-state index contributed by atoms with van der Waals surface area (Å²) in [6, 6.07) is 2.19. The number of ether oxygens (including phenoxy) is 1. The highest BCUT2D eigenvalue weighted by atomic mass is 35.5. The number of aryl methyl sites for hydroxylation is 2. The SMILES string of the molecule is COC(=O)C(CC(C)C)NC(=O)CNS(=O)(=O)c1cc(C)c(Cl)cc1C. The summed E-state index contributed by atoms with van der Waals surface area (Å²) in [5, 5.41) is 2.96. The standard InChI is InChI=1S/C17H25ClN2O5S/c1-10(2)6-14(17(22)25-5)20-16(21)9-19-26(23,24)15-8-11(3)13(18)7-12(15)4/h7-8,10,14,19H,6,9H2,1-5H3,(H,20,21). The molecule has 1 aromatic rings. The maximum Gasteiger partial charge on any atom is 0.328 e. The molecule has 1 amide bonds. The Balaban J connectivity index is 2.82. The van der Waals surface area contributed by atoms with E-state index in [1.165, 1.54) is 13.2 Å². The van der Waals surface area contributed by atoms with Gasteiger partial charge in [-0.25, -0.2) is 17.9 Å². The zero-order valence-electron chi connectivity index (χ0n) is 15.6. The summed E-state index contributed by atoms with van der Waals surface area (Å²) in [5.41, 5.74) is 1.09. The molecule has 9 heteroatoms. The van der Waals surface area contributed by atoms with E-state index in [2.05, 4.69) is 14.8 Å². The fourth-order valence-corrected chi connectivity index (χ4v) is 3.86. The molecular weight excluding hydrogens is 380 g/mol. The van der Waals surface area contributed by atoms with Crippen molar-refractivity contribution < 1.29 is 22.7 Å². The Labute approximate surface area is 159 Å². The Morgan fingerprint density at radius 2 is 1.81 bits per heavy atom. The summed E-state index contributed by atoms with van der Waals surface area (Å²) in [7, 11) is -2.66. The van der Waals surface area contributed by atoms with Gasteiger partial charge in [0.25, 0.3) is 0 Å². The number of amides is 1. The Morgan fingerprint density at radius 3 is 2.35 bits per heavy atom. The number of halogens is 1. The van der Waals surface area contributed by atoms with Gasteiger partial charge >= 0.3 is 5.97 Å². The number of nitrogens with one attached hydrogen (secondary N) is 2. The second kappa shape index (κ2) is 9.34. The molecule has 0 saturated heterocycles. The minimum absolute atomic E-state index is 0.0545. The van der Waals surface area contributed by atoms with Crippen LogP contribution in [0.25, 0.3) is 0 Å². The lowest BCUT2D eigenvalue weighted by molar-refractivity contribution is -0.145. The van der Waals surface area contributed by atoms with Gasteiger partial charge in [0.2, 0.25) is 15.9 Å². The quantitative estimate of drug-likeness (QED) is 0.644. The van der Waals surface area contributed by atoms with Crippen molar-refractivity contribution in [2.24, 2.45) is 5.92 Å². The van der Waals surface area contributed by atoms with Gasteiger partial charge in [-0.15, -0.1) is 0 Å². The van der Waals surface area contributed by atoms with Gasteiger partial charge in [-0.3, -0.25) is 4.79 Å². The van der Waals surface area contributed by atoms with Crippen LogP contribution in [0, 0.1) is 19.8 Å². The number of esters is 1. The van der Waals surface area contributed by atoms with E-state index in [4.69, 9.17) is 11.6 Å². The number of hydrogen-bond donors (Lipinski definition) is 2. The summed E-state index contributed by atoms with van der Waals surface area (Å²) in [4.78, 5) is 23.9. The summed E-state index contributed by atoms with van der Waals surface area (Å²) < 4.78 is 31.8. The molecule has 0 aliphatic carbocycles. The first-order valence-corrected chi connectivity index (χ1v) is 9.97. The number of rotatable bonds is 8. The van der Waals surface area contributed by atoms with Gasteiger partial charge in [0, 0.05) is 5.02 Å². The second-order valence-electron chi connectivity index (χ2n) is 6.46. The molecule has 0 aromatic heterocycles. The van der Waals surface area contributed by atoms with Crippen molar-refractivity contribution in [3.8, 4) is 0 Å². The molecule has 1 aromatic carbocycles. The summed E-state index contributed by atoms with van der Waals surface area (Å²) >= 11 is 5.98. The molecule has 1 unspecified atom stereocenters. The van der Waals surface area contributed by atoms with Crippen LogP contribution in [0.2, 0.25) is 5.02 Å². The first-order valence-electron chi connectivity index (χ1n) is 8.11. The van der Waals surface area contributed by atoms with E-state index in [9.17, 15) is 18.0 Å². The van der Waals surface area contributed by atoms with Crippen LogP contribution in [0.5, 0.6) is 0 Å². The van der Waals surface area contributed by atoms with Crippen molar-refractivity contribution in [3.05, 3.63) is 28.3 Å². The van der Waals surface area contributed by atoms with E-state index in [0.717, 1.165) is 0 Å². The fourth-order valence-electron chi connectivity index (χ4n) is 2.36. The molecule has 26 heavy (non-hydrogen) atoms. The molecule has 0 saturated carbocycles. The first-order chi connectivity index (χ1) is 12.0. The smallest absolute Gasteiger partial charge is 0.328 e. The van der Waals surface area contributed by atoms with Crippen LogP contribution in [-0.4, -0.2) is 40.0 Å². The van der Waals surface area contributed by atoms with Crippen LogP contribution in [0.4, 0.5) is 0 Å². The van der Waals surface area contributed by atoms with Gasteiger partial charge in [-0.2, -0.15) is 0 Å². The molecule has 0 bridgehead atoms. The monoisotopic (exact) mass is 404 g/mol. The molecule has 0 spiro atoms. The molecule has 0 aliphatic rings. The van der Waals surface area contributed by atoms with Crippen molar-refractivity contribution in [3.63, 3.8) is 0 Å². The average molecular weight is 405 g/mol. The van der Waals surface area contributed by atoms with Crippen LogP contribution in [0.1, 0.15) is 31.4 Å². The zero-order chi connectivity index (χ0) is 20.1. The highest BCUT2D eigenvalue weighted by Crippen LogP contribution is 2.23. The van der Waals surface area contributed by atoms with Crippen molar-refractivity contribution in [2.75, 3.05) is 13.7 Å². The van der Waals surface area contributed by atoms with Crippen molar-refractivity contribution in [1.82, 2.24) is 10.0 Å². The third kappa shape index (κ3) is 6.26. The predicted octanol–water partition coefficient (Wildman–Crippen LogP) is 1.94. The van der Waals surface area contributed by atoms with Gasteiger partial charge in [0.05, 0.1) is 18.6 Å². The zero-order valence-corrected chi connectivity index (χ0v) is 17.1. The molecule has 0 fully saturated rings. The van der Waals surface area contributed by atoms with E-state index < -0.39 is 34.5 Å². The highest BCUT2D eigenvalue weighted by molar-refractivity contribution is 7.89. The maximum atomic E-state index is 12.4. The minimum Gasteiger partial charge on any atom is -0.467 e. The number of carbonyl (C=O) groups excluding carboxylic acids is 2. The van der Waals surface area contributed by atoms with Gasteiger partial charge in [-0.1, -0.05) is 25.4 Å². The summed E-state index contributed by atoms with van der Waals surface area (Å²) in [6.45, 7) is 6.62. The van der Waals surface area contributed by atoms with E-state index in [0.29, 0.717) is 22.6 Å². The number of hydrogen-bond acceptors (Lipinski definition) is 5. The van der Waals surface area contributed by atoms with Gasteiger partial charge in [-0.05, 0) is 49.4 Å². The molecule has 0 radical (unpaired) electrons. The van der Waals surface area contributed by atoms with Crippen molar-refractivity contribution >= 4 is 33.5 Å². The molecule has 0 heterocycles. The third-order valence-corrected chi connectivity index (χ3v) is 5.65. The minimum atomic E-state index is -3.90. The Bertz CT molecular complexity index is 778. The number of sulfonamides is 1. The predicted molar refractivity (Wildman–Crippen MR) is 99.5 cm³/mol. The Morgan fingerprint density at radius 1 is 1.19 bits per heavy atom. The topological polar surface area (TPSA) is 102 Å². The summed E-state index contributed by atoms with van der Waals surface area (Å²) in [5.74, 6) is -1.04. The summed E-state index contributed by atoms with van der Waals surface area (Å²) in [6.07, 6.45) is 0.390. The lowest BCUT2D eigenvalue weighted by Crippen LogP contribution is -2.46. The van der Waals surface area contributed by atoms with Crippen LogP contribution < -0.4 is 10.0 Å². The second-order valence-corrected chi connectivity index (χ2v) is 8.61. The van der Waals surface area contributed by atoms with Crippen molar-refractivity contribution in [1.29, 1.82) is 0 Å². The van der Waals surface area contributed by atoms with Crippen LogP contribution in [0.3, 0.4) is 0 Å². The van der Waals surface area contributed by atoms with Crippen LogP contribution >= 0.6 is 11.6 Å². The third-order valence-electron chi connectivity index (χ3n) is 3.70. The van der Waals surface area contributed by atoms with Crippen LogP contribution in [-0.2, 0) is 24.3 Å². The average Bonchev–Trinajstić information content (AvgIpc) is 2.54. The first kappa shape index (κ1) is 22.4. The number of benzene rings is 1. The normalized spacial score (nSPS) is 12.7. The molecule has 2 N–H and O–H groups in total. The molecule has 7 nitrogen and oxygen atoms in total. The van der Waals surface area contributed by atoms with Gasteiger partial charge < -0.3 is 10.1 Å². The molecular formula is C17H25ClN2O5S.